The van der Waals surface area contributed by atoms with E-state index in [1.807, 2.05) is 24.3 Å². The molecule has 1 amide bonds. The molecule has 1 aromatic rings. The fourth-order valence-corrected chi connectivity index (χ4v) is 3.42. The Morgan fingerprint density at radius 1 is 1.30 bits per heavy atom. The highest BCUT2D eigenvalue weighted by molar-refractivity contribution is 5.80. The maximum atomic E-state index is 10.9. The van der Waals surface area contributed by atoms with Crippen LogP contribution in [0.5, 0.6) is 5.75 Å². The Labute approximate surface area is 161 Å². The minimum absolute atomic E-state index is 0.115. The van der Waals surface area contributed by atoms with Gasteiger partial charge in [-0.25, -0.2) is 4.99 Å². The van der Waals surface area contributed by atoms with E-state index in [1.54, 1.807) is 0 Å². The zero-order chi connectivity index (χ0) is 19.1. The zero-order valence-electron chi connectivity index (χ0n) is 16.1. The Bertz CT molecular complexity index is 652. The molecular weight excluding hydrogens is 342 g/mol. The van der Waals surface area contributed by atoms with Gasteiger partial charge in [0.05, 0.1) is 6.54 Å². The Morgan fingerprint density at radius 2 is 2.07 bits per heavy atom. The predicted octanol–water partition coefficient (Wildman–Crippen LogP) is 1.23. The quantitative estimate of drug-likeness (QED) is 0.471. The van der Waals surface area contributed by atoms with Crippen LogP contribution >= 0.6 is 0 Å². The number of nitrogens with one attached hydrogen (secondary N) is 2. The number of piperidine rings is 1. The van der Waals surface area contributed by atoms with Gasteiger partial charge >= 0.3 is 0 Å². The molecular formula is C20H31N5O2. The van der Waals surface area contributed by atoms with Crippen LogP contribution in [0.25, 0.3) is 0 Å². The van der Waals surface area contributed by atoms with Crippen molar-refractivity contribution in [1.82, 2.24) is 15.5 Å². The van der Waals surface area contributed by atoms with E-state index in [9.17, 15) is 4.79 Å². The number of amides is 1. The highest BCUT2D eigenvalue weighted by Crippen LogP contribution is 2.29. The predicted molar refractivity (Wildman–Crippen MR) is 107 cm³/mol. The van der Waals surface area contributed by atoms with E-state index in [4.69, 9.17) is 15.5 Å². The second-order valence-electron chi connectivity index (χ2n) is 7.28. The van der Waals surface area contributed by atoms with Gasteiger partial charge in [-0.05, 0) is 50.3 Å². The monoisotopic (exact) mass is 373 g/mol. The molecule has 1 saturated heterocycles. The van der Waals surface area contributed by atoms with E-state index in [-0.39, 0.29) is 6.61 Å². The number of carbonyl (C=O) groups is 1. The fourth-order valence-electron chi connectivity index (χ4n) is 3.42. The topological polar surface area (TPSA) is 92.0 Å². The van der Waals surface area contributed by atoms with Gasteiger partial charge in [0.15, 0.2) is 12.6 Å². The maximum Gasteiger partial charge on any atom is 0.255 e. The third kappa shape index (κ3) is 6.43. The molecule has 2 fully saturated rings. The molecule has 0 aromatic heterocycles. The summed E-state index contributed by atoms with van der Waals surface area (Å²) in [5.74, 6) is 1.00. The molecule has 1 aliphatic heterocycles. The van der Waals surface area contributed by atoms with Crippen LogP contribution in [0.15, 0.2) is 29.3 Å². The van der Waals surface area contributed by atoms with E-state index in [2.05, 4.69) is 22.5 Å². The summed E-state index contributed by atoms with van der Waals surface area (Å²) in [6.07, 6.45) is 5.09. The summed E-state index contributed by atoms with van der Waals surface area (Å²) >= 11 is 0. The smallest absolute Gasteiger partial charge is 0.255 e. The van der Waals surface area contributed by atoms with Crippen molar-refractivity contribution in [2.75, 3.05) is 26.2 Å². The number of carbonyl (C=O) groups excluding carboxylic acids is 1. The standard InChI is InChI=1S/C20H31N5O2/c1-2-22-20(24-16-8-10-25(11-9-16)17-6-7-17)23-13-15-4-3-5-18(12-15)27-14-19(21)26/h3-5,12,16-17H,2,6-11,13-14H2,1H3,(H2,21,26)(H2,22,23,24). The minimum Gasteiger partial charge on any atom is -0.484 e. The third-order valence-corrected chi connectivity index (χ3v) is 4.98. The molecule has 7 nitrogen and oxygen atoms in total. The summed E-state index contributed by atoms with van der Waals surface area (Å²) in [5.41, 5.74) is 6.15. The number of hydrogen-bond acceptors (Lipinski definition) is 4. The molecule has 27 heavy (non-hydrogen) atoms. The number of nitrogens with zero attached hydrogens (tertiary/aromatic N) is 2. The average Bonchev–Trinajstić information content (AvgIpc) is 3.51. The van der Waals surface area contributed by atoms with Gasteiger partial charge in [0.2, 0.25) is 0 Å². The number of aliphatic imine (C=N–C) groups is 1. The molecule has 1 aliphatic carbocycles. The van der Waals surface area contributed by atoms with Gasteiger partial charge in [0, 0.05) is 31.7 Å². The van der Waals surface area contributed by atoms with Gasteiger partial charge in [0.25, 0.3) is 5.91 Å². The molecule has 0 unspecified atom stereocenters. The Balaban J connectivity index is 1.52. The first-order chi connectivity index (χ1) is 13.1. The Morgan fingerprint density at radius 3 is 2.74 bits per heavy atom. The number of benzene rings is 1. The van der Waals surface area contributed by atoms with E-state index in [1.165, 1.54) is 25.9 Å². The minimum atomic E-state index is -0.482. The van der Waals surface area contributed by atoms with Crippen molar-refractivity contribution in [2.24, 2.45) is 10.7 Å². The molecule has 0 bridgehead atoms. The molecule has 0 spiro atoms. The highest BCUT2D eigenvalue weighted by atomic mass is 16.5. The molecule has 1 saturated carbocycles. The SMILES string of the molecule is CCNC(=NCc1cccc(OCC(N)=O)c1)NC1CCN(C2CC2)CC1. The summed E-state index contributed by atoms with van der Waals surface area (Å²) in [7, 11) is 0. The summed E-state index contributed by atoms with van der Waals surface area (Å²) < 4.78 is 5.36. The zero-order valence-corrected chi connectivity index (χ0v) is 16.1. The van der Waals surface area contributed by atoms with Crippen LogP contribution in [0.1, 0.15) is 38.2 Å². The molecule has 0 radical (unpaired) electrons. The number of hydrogen-bond donors (Lipinski definition) is 3. The van der Waals surface area contributed by atoms with Crippen LogP contribution in [-0.2, 0) is 11.3 Å². The number of guanidine groups is 1. The Hall–Kier alpha value is -2.28. The third-order valence-electron chi connectivity index (χ3n) is 4.98. The number of ether oxygens (including phenoxy) is 1. The van der Waals surface area contributed by atoms with Gasteiger partial charge in [0.1, 0.15) is 5.75 Å². The lowest BCUT2D eigenvalue weighted by atomic mass is 10.1. The van der Waals surface area contributed by atoms with Crippen molar-refractivity contribution in [3.8, 4) is 5.75 Å². The van der Waals surface area contributed by atoms with Gasteiger partial charge in [-0.15, -0.1) is 0 Å². The largest absolute Gasteiger partial charge is 0.484 e. The van der Waals surface area contributed by atoms with Gasteiger partial charge in [-0.2, -0.15) is 0 Å². The second kappa shape index (κ2) is 9.60. The van der Waals surface area contributed by atoms with E-state index in [0.29, 0.717) is 18.3 Å². The summed E-state index contributed by atoms with van der Waals surface area (Å²) in [6, 6.07) is 8.94. The van der Waals surface area contributed by atoms with Crippen LogP contribution in [0.2, 0.25) is 0 Å². The summed E-state index contributed by atoms with van der Waals surface area (Å²) in [6.45, 7) is 5.70. The molecule has 2 aliphatic rings. The first-order valence-corrected chi connectivity index (χ1v) is 9.93. The lowest BCUT2D eigenvalue weighted by molar-refractivity contribution is -0.119. The van der Waals surface area contributed by atoms with Crippen molar-refractivity contribution in [2.45, 2.75) is 51.2 Å². The van der Waals surface area contributed by atoms with Gasteiger partial charge in [-0.1, -0.05) is 12.1 Å². The average molecular weight is 374 g/mol. The first kappa shape index (κ1) is 19.5. The number of primary amides is 1. The van der Waals surface area contributed by atoms with Crippen LogP contribution in [0.3, 0.4) is 0 Å². The molecule has 7 heteroatoms. The molecule has 3 rings (SSSR count). The van der Waals surface area contributed by atoms with Gasteiger partial charge < -0.3 is 26.0 Å². The first-order valence-electron chi connectivity index (χ1n) is 9.93. The molecule has 4 N–H and O–H groups in total. The van der Waals surface area contributed by atoms with Crippen LogP contribution in [0, 0.1) is 0 Å². The van der Waals surface area contributed by atoms with Gasteiger partial charge in [-0.3, -0.25) is 4.79 Å². The fraction of sp³-hybridized carbons (Fsp3) is 0.600. The van der Waals surface area contributed by atoms with E-state index < -0.39 is 5.91 Å². The lowest BCUT2D eigenvalue weighted by Gasteiger charge is -2.33. The summed E-state index contributed by atoms with van der Waals surface area (Å²) in [4.78, 5) is 18.2. The van der Waals surface area contributed by atoms with Crippen molar-refractivity contribution >= 4 is 11.9 Å². The Kier molecular flexibility index (Phi) is 6.92. The number of nitrogens with two attached hydrogens (primary N) is 1. The summed E-state index contributed by atoms with van der Waals surface area (Å²) in [5, 5.41) is 6.92. The van der Waals surface area contributed by atoms with Crippen LogP contribution in [0.4, 0.5) is 0 Å². The number of rotatable bonds is 8. The van der Waals surface area contributed by atoms with Crippen LogP contribution < -0.4 is 21.1 Å². The number of likely N-dealkylation sites (tertiary alicyclic amines) is 1. The molecule has 1 aromatic carbocycles. The molecule has 1 heterocycles. The molecule has 148 valence electrons. The normalized spacial score (nSPS) is 18.9. The van der Waals surface area contributed by atoms with Crippen molar-refractivity contribution < 1.29 is 9.53 Å². The lowest BCUT2D eigenvalue weighted by Crippen LogP contribution is -2.49. The van der Waals surface area contributed by atoms with Crippen molar-refractivity contribution in [3.05, 3.63) is 29.8 Å². The molecule has 0 atom stereocenters. The van der Waals surface area contributed by atoms with E-state index in [0.717, 1.165) is 37.0 Å². The van der Waals surface area contributed by atoms with Crippen molar-refractivity contribution in [3.63, 3.8) is 0 Å². The highest BCUT2D eigenvalue weighted by Gasteiger charge is 2.31. The second-order valence-corrected chi connectivity index (χ2v) is 7.28. The van der Waals surface area contributed by atoms with Crippen molar-refractivity contribution in [1.29, 1.82) is 0 Å². The van der Waals surface area contributed by atoms with E-state index >= 15 is 0 Å². The maximum absolute atomic E-state index is 10.9. The van der Waals surface area contributed by atoms with Crippen LogP contribution in [-0.4, -0.2) is 55.1 Å².